The molecule has 0 bridgehead atoms. The molecular formula is C26H23FN2O. The monoisotopic (exact) mass is 398 g/mol. The Morgan fingerprint density at radius 3 is 2.40 bits per heavy atom. The third-order valence-electron chi connectivity index (χ3n) is 6.01. The minimum atomic E-state index is -0.448. The second-order valence-corrected chi connectivity index (χ2v) is 8.10. The van der Waals surface area contributed by atoms with Crippen LogP contribution in [0.1, 0.15) is 53.1 Å². The van der Waals surface area contributed by atoms with Crippen LogP contribution in [-0.4, -0.2) is 12.1 Å². The van der Waals surface area contributed by atoms with Crippen LogP contribution in [0.4, 0.5) is 4.39 Å². The zero-order valence-electron chi connectivity index (χ0n) is 16.5. The van der Waals surface area contributed by atoms with Crippen molar-refractivity contribution in [2.75, 3.05) is 0 Å². The maximum Gasteiger partial charge on any atom is 0.233 e. The van der Waals surface area contributed by atoms with Crippen LogP contribution in [0.2, 0.25) is 0 Å². The molecule has 1 amide bonds. The molecule has 30 heavy (non-hydrogen) atoms. The van der Waals surface area contributed by atoms with E-state index in [2.05, 4.69) is 23.5 Å². The van der Waals surface area contributed by atoms with Gasteiger partial charge < -0.3 is 5.32 Å². The van der Waals surface area contributed by atoms with E-state index in [4.69, 9.17) is 4.99 Å². The van der Waals surface area contributed by atoms with Gasteiger partial charge in [-0.3, -0.25) is 9.79 Å². The molecule has 5 rings (SSSR count). The van der Waals surface area contributed by atoms with E-state index in [-0.39, 0.29) is 23.8 Å². The number of halogens is 1. The molecule has 150 valence electrons. The van der Waals surface area contributed by atoms with Crippen LogP contribution in [0.25, 0.3) is 0 Å². The Morgan fingerprint density at radius 2 is 1.67 bits per heavy atom. The largest absolute Gasteiger partial charge is 0.348 e. The van der Waals surface area contributed by atoms with Gasteiger partial charge >= 0.3 is 0 Å². The van der Waals surface area contributed by atoms with Gasteiger partial charge in [0.25, 0.3) is 0 Å². The van der Waals surface area contributed by atoms with E-state index in [1.807, 2.05) is 42.5 Å². The van der Waals surface area contributed by atoms with Crippen molar-refractivity contribution in [1.29, 1.82) is 0 Å². The summed E-state index contributed by atoms with van der Waals surface area (Å²) in [6.07, 6.45) is 3.87. The van der Waals surface area contributed by atoms with Crippen molar-refractivity contribution in [3.8, 4) is 0 Å². The average molecular weight is 398 g/mol. The van der Waals surface area contributed by atoms with Crippen molar-refractivity contribution in [1.82, 2.24) is 5.32 Å². The number of fused-ring (bicyclic) bond motifs is 1. The summed E-state index contributed by atoms with van der Waals surface area (Å²) in [6.45, 7) is 0. The van der Waals surface area contributed by atoms with Gasteiger partial charge in [0.1, 0.15) is 5.82 Å². The second kappa shape index (κ2) is 7.86. The number of hydrogen-bond acceptors (Lipinski definition) is 2. The highest BCUT2D eigenvalue weighted by Gasteiger charge is 2.36. The van der Waals surface area contributed by atoms with Gasteiger partial charge in [0.15, 0.2) is 0 Å². The van der Waals surface area contributed by atoms with E-state index in [1.165, 1.54) is 12.1 Å². The highest BCUT2D eigenvalue weighted by molar-refractivity contribution is 6.00. The summed E-state index contributed by atoms with van der Waals surface area (Å²) in [4.78, 5) is 18.1. The number of rotatable bonds is 5. The topological polar surface area (TPSA) is 41.5 Å². The van der Waals surface area contributed by atoms with E-state index in [0.717, 1.165) is 35.1 Å². The molecule has 2 unspecified atom stereocenters. The first-order valence-corrected chi connectivity index (χ1v) is 10.4. The van der Waals surface area contributed by atoms with E-state index in [0.29, 0.717) is 5.92 Å². The molecule has 0 radical (unpaired) electrons. The quantitative estimate of drug-likeness (QED) is 0.618. The molecule has 4 heteroatoms. The minimum Gasteiger partial charge on any atom is -0.348 e. The Morgan fingerprint density at radius 1 is 0.933 bits per heavy atom. The number of benzene rings is 3. The van der Waals surface area contributed by atoms with E-state index >= 15 is 0 Å². The molecular weight excluding hydrogens is 375 g/mol. The first-order valence-electron chi connectivity index (χ1n) is 10.4. The summed E-state index contributed by atoms with van der Waals surface area (Å²) in [5.41, 5.74) is 3.97. The fourth-order valence-electron chi connectivity index (χ4n) is 4.33. The third kappa shape index (κ3) is 3.65. The molecule has 2 aliphatic rings. The lowest BCUT2D eigenvalue weighted by atomic mass is 9.85. The fraction of sp³-hybridized carbons (Fsp3) is 0.231. The fourth-order valence-corrected chi connectivity index (χ4v) is 4.33. The third-order valence-corrected chi connectivity index (χ3v) is 6.01. The average Bonchev–Trinajstić information content (AvgIpc) is 3.62. The number of carbonyl (C=O) groups is 1. The second-order valence-electron chi connectivity index (χ2n) is 8.10. The van der Waals surface area contributed by atoms with Crippen molar-refractivity contribution in [2.24, 2.45) is 10.9 Å². The van der Waals surface area contributed by atoms with Crippen molar-refractivity contribution in [3.63, 3.8) is 0 Å². The normalized spacial score (nSPS) is 21.0. The molecule has 1 aliphatic carbocycles. The van der Waals surface area contributed by atoms with Crippen molar-refractivity contribution in [2.45, 2.75) is 30.8 Å². The van der Waals surface area contributed by atoms with Crippen LogP contribution in [0.3, 0.4) is 0 Å². The summed E-state index contributed by atoms with van der Waals surface area (Å²) in [7, 11) is 0. The van der Waals surface area contributed by atoms with Crippen molar-refractivity contribution >= 4 is 12.1 Å². The molecule has 1 fully saturated rings. The van der Waals surface area contributed by atoms with Gasteiger partial charge in [0.2, 0.25) is 5.91 Å². The highest BCUT2D eigenvalue weighted by atomic mass is 19.1. The van der Waals surface area contributed by atoms with E-state index in [9.17, 15) is 9.18 Å². The Bertz CT molecular complexity index is 1090. The van der Waals surface area contributed by atoms with E-state index in [1.54, 1.807) is 12.3 Å². The van der Waals surface area contributed by atoms with Gasteiger partial charge in [-0.2, -0.15) is 0 Å². The van der Waals surface area contributed by atoms with Gasteiger partial charge in [0, 0.05) is 6.21 Å². The maximum absolute atomic E-state index is 13.8. The van der Waals surface area contributed by atoms with Crippen LogP contribution < -0.4 is 5.32 Å². The lowest BCUT2D eigenvalue weighted by Gasteiger charge is -2.28. The van der Waals surface area contributed by atoms with Crippen molar-refractivity contribution < 1.29 is 9.18 Å². The molecule has 0 spiro atoms. The summed E-state index contributed by atoms with van der Waals surface area (Å²) >= 11 is 0. The number of hydrogen-bond donors (Lipinski definition) is 1. The van der Waals surface area contributed by atoms with Crippen LogP contribution in [-0.2, 0) is 4.79 Å². The number of aliphatic imine (C=N–C) groups is 1. The first-order chi connectivity index (χ1) is 14.7. The minimum absolute atomic E-state index is 0.0844. The molecule has 1 heterocycles. The molecule has 1 aliphatic heterocycles. The zero-order valence-corrected chi connectivity index (χ0v) is 16.5. The van der Waals surface area contributed by atoms with Crippen LogP contribution in [0.5, 0.6) is 0 Å². The maximum atomic E-state index is 13.8. The molecule has 3 aromatic carbocycles. The van der Waals surface area contributed by atoms with E-state index < -0.39 is 5.92 Å². The zero-order chi connectivity index (χ0) is 20.5. The predicted octanol–water partition coefficient (Wildman–Crippen LogP) is 5.35. The Kier molecular flexibility index (Phi) is 4.91. The summed E-state index contributed by atoms with van der Waals surface area (Å²) in [6, 6.07) is 24.4. The Labute approximate surface area is 175 Å². The first kappa shape index (κ1) is 18.7. The van der Waals surface area contributed by atoms with Gasteiger partial charge in [-0.05, 0) is 53.1 Å². The molecule has 3 atom stereocenters. The molecule has 0 saturated heterocycles. The number of amides is 1. The molecule has 1 saturated carbocycles. The highest BCUT2D eigenvalue weighted by Crippen LogP contribution is 2.42. The van der Waals surface area contributed by atoms with Crippen LogP contribution in [0.15, 0.2) is 83.9 Å². The summed E-state index contributed by atoms with van der Waals surface area (Å²) < 4.78 is 13.8. The summed E-state index contributed by atoms with van der Waals surface area (Å²) in [5.74, 6) is -0.443. The van der Waals surface area contributed by atoms with Crippen LogP contribution in [0, 0.1) is 11.7 Å². The van der Waals surface area contributed by atoms with Crippen LogP contribution >= 0.6 is 0 Å². The lowest BCUT2D eigenvalue weighted by Crippen LogP contribution is -2.36. The number of nitrogens with zero attached hydrogens (tertiary/aromatic N) is 1. The van der Waals surface area contributed by atoms with Crippen molar-refractivity contribution in [3.05, 3.63) is 107 Å². The van der Waals surface area contributed by atoms with Gasteiger partial charge in [0.05, 0.1) is 18.0 Å². The number of nitrogens with one attached hydrogen (secondary N) is 1. The molecule has 0 aromatic heterocycles. The molecule has 3 aromatic rings. The molecule has 3 nitrogen and oxygen atoms in total. The summed E-state index contributed by atoms with van der Waals surface area (Å²) in [5, 5.41) is 3.19. The standard InChI is InChI=1S/C26H23FN2O/c27-20-10-6-9-19(15-20)24(18-13-14-18)29-26(30)23-16-28-25(17-7-2-1-3-8-17)22-12-5-4-11-21(22)23/h1-12,15-16,18,23-25H,13-14H2,(H,29,30)/t23?,24?,25-/m0/s1. The Balaban J connectivity index is 1.43. The number of carbonyl (C=O) groups excluding carboxylic acids is 1. The van der Waals surface area contributed by atoms with Gasteiger partial charge in [-0.1, -0.05) is 66.7 Å². The Hall–Kier alpha value is -3.27. The SMILES string of the molecule is O=C(NC(c1cccc(F)c1)C1CC1)C1C=N[C@@H](c2ccccc2)c2ccccc21. The van der Waals surface area contributed by atoms with Gasteiger partial charge in [-0.15, -0.1) is 0 Å². The predicted molar refractivity (Wildman–Crippen MR) is 116 cm³/mol. The lowest BCUT2D eigenvalue weighted by molar-refractivity contribution is -0.122. The molecule has 1 N–H and O–H groups in total. The smallest absolute Gasteiger partial charge is 0.233 e. The van der Waals surface area contributed by atoms with Gasteiger partial charge in [-0.25, -0.2) is 4.39 Å².